The topological polar surface area (TPSA) is 57.2 Å². The van der Waals surface area contributed by atoms with Crippen molar-refractivity contribution in [3.05, 3.63) is 38.5 Å². The summed E-state index contributed by atoms with van der Waals surface area (Å²) in [6.07, 6.45) is 4.09. The van der Waals surface area contributed by atoms with Gasteiger partial charge in [-0.2, -0.15) is 0 Å². The molecule has 1 N–H and O–H groups in total. The first-order chi connectivity index (χ1) is 8.33. The molecule has 0 atom stereocenters. The molecule has 0 spiro atoms. The number of ether oxygens (including phenoxy) is 4. The highest BCUT2D eigenvalue weighted by atomic mass is 16.5. The van der Waals surface area contributed by atoms with Crippen molar-refractivity contribution in [3.63, 3.8) is 0 Å². The summed E-state index contributed by atoms with van der Waals surface area (Å²) in [5.41, 5.74) is 0. The molecule has 17 heavy (non-hydrogen) atoms. The van der Waals surface area contributed by atoms with Crippen LogP contribution in [-0.4, -0.2) is 44.7 Å². The fourth-order valence-corrected chi connectivity index (χ4v) is 0.619. The zero-order chi connectivity index (χ0) is 13.2. The average Bonchev–Trinajstić information content (AvgIpc) is 2.36. The van der Waals surface area contributed by atoms with Crippen molar-refractivity contribution < 1.29 is 24.1 Å². The molecule has 0 aliphatic carbocycles. The summed E-state index contributed by atoms with van der Waals surface area (Å²) in [5.74, 6) is 0. The number of aliphatic hydroxyl groups excluding tert-OH is 1. The van der Waals surface area contributed by atoms with Crippen LogP contribution in [0.15, 0.2) is 38.5 Å². The Hall–Kier alpha value is -1.46. The first-order valence-corrected chi connectivity index (χ1v) is 5.19. The lowest BCUT2D eigenvalue weighted by atomic mass is 10.7. The zero-order valence-corrected chi connectivity index (χ0v) is 10.2. The molecule has 0 bridgehead atoms. The molecule has 0 fully saturated rings. The fourth-order valence-electron chi connectivity index (χ4n) is 0.619. The summed E-state index contributed by atoms with van der Waals surface area (Å²) < 4.78 is 19.2. The second kappa shape index (κ2) is 20.0. The van der Waals surface area contributed by atoms with E-state index in [1.165, 1.54) is 18.8 Å². The van der Waals surface area contributed by atoms with Crippen molar-refractivity contribution >= 4 is 0 Å². The molecule has 0 heterocycles. The summed E-state index contributed by atoms with van der Waals surface area (Å²) >= 11 is 0. The summed E-state index contributed by atoms with van der Waals surface area (Å²) in [5, 5.41) is 8.02. The Bertz CT molecular complexity index is 158. The van der Waals surface area contributed by atoms with E-state index in [4.69, 9.17) is 19.3 Å². The minimum Gasteiger partial charge on any atom is -0.499 e. The van der Waals surface area contributed by atoms with Crippen molar-refractivity contribution in [1.82, 2.24) is 0 Å². The Labute approximate surface area is 103 Å². The predicted octanol–water partition coefficient (Wildman–Crippen LogP) is 1.46. The van der Waals surface area contributed by atoms with Gasteiger partial charge < -0.3 is 24.1 Å². The van der Waals surface area contributed by atoms with Gasteiger partial charge in [0.25, 0.3) is 0 Å². The molecule has 0 aromatic heterocycles. The quantitative estimate of drug-likeness (QED) is 0.442. The van der Waals surface area contributed by atoms with Gasteiger partial charge in [0.15, 0.2) is 0 Å². The lowest BCUT2D eigenvalue weighted by Crippen LogP contribution is -2.06. The molecular weight excluding hydrogens is 224 g/mol. The summed E-state index contributed by atoms with van der Waals surface area (Å²) in [6, 6.07) is 0. The minimum atomic E-state index is 0.0615. The molecule has 0 rings (SSSR count). The van der Waals surface area contributed by atoms with Crippen LogP contribution in [0.25, 0.3) is 0 Å². The van der Waals surface area contributed by atoms with Gasteiger partial charge in [0.2, 0.25) is 0 Å². The van der Waals surface area contributed by atoms with Gasteiger partial charge in [-0.25, -0.2) is 0 Å². The van der Waals surface area contributed by atoms with E-state index in [1.54, 1.807) is 0 Å². The molecule has 100 valence electrons. The number of aliphatic hydroxyl groups is 1. The molecule has 0 amide bonds. The van der Waals surface area contributed by atoms with E-state index in [2.05, 4.69) is 24.5 Å². The van der Waals surface area contributed by atoms with Gasteiger partial charge in [-0.15, -0.1) is 0 Å². The second-order valence-electron chi connectivity index (χ2n) is 2.45. The average molecular weight is 246 g/mol. The normalized spacial score (nSPS) is 8.29. The highest BCUT2D eigenvalue weighted by Gasteiger charge is 1.86. The Kier molecular flexibility index (Phi) is 21.1. The van der Waals surface area contributed by atoms with Crippen LogP contribution >= 0.6 is 0 Å². The highest BCUT2D eigenvalue weighted by Crippen LogP contribution is 1.80. The summed E-state index contributed by atoms with van der Waals surface area (Å²) in [6.45, 7) is 12.7. The third-order valence-electron chi connectivity index (χ3n) is 1.25. The van der Waals surface area contributed by atoms with Gasteiger partial charge in [0.1, 0.15) is 19.8 Å². The number of rotatable bonds is 11. The predicted molar refractivity (Wildman–Crippen MR) is 66.4 cm³/mol. The molecule has 0 aromatic carbocycles. The van der Waals surface area contributed by atoms with Gasteiger partial charge in [-0.3, -0.25) is 0 Å². The molecule has 0 saturated heterocycles. The van der Waals surface area contributed by atoms with Crippen LogP contribution in [0, 0.1) is 0 Å². The van der Waals surface area contributed by atoms with Crippen LogP contribution in [0.5, 0.6) is 0 Å². The maximum atomic E-state index is 8.02. The van der Waals surface area contributed by atoms with Crippen molar-refractivity contribution in [3.8, 4) is 0 Å². The molecule has 5 nitrogen and oxygen atoms in total. The number of hydrogen-bond donors (Lipinski definition) is 1. The van der Waals surface area contributed by atoms with Gasteiger partial charge in [-0.05, 0) is 0 Å². The maximum Gasteiger partial charge on any atom is 0.111 e. The monoisotopic (exact) mass is 246 g/mol. The maximum absolute atomic E-state index is 8.02. The van der Waals surface area contributed by atoms with E-state index in [-0.39, 0.29) is 6.61 Å². The summed E-state index contributed by atoms with van der Waals surface area (Å²) in [4.78, 5) is 0. The molecule has 0 saturated carbocycles. The van der Waals surface area contributed by atoms with Crippen molar-refractivity contribution in [2.45, 2.75) is 0 Å². The summed E-state index contributed by atoms with van der Waals surface area (Å²) in [7, 11) is 0. The molecule has 5 heteroatoms. The third kappa shape index (κ3) is 25.1. The highest BCUT2D eigenvalue weighted by molar-refractivity contribution is 4.49. The largest absolute Gasteiger partial charge is 0.499 e. The molecule has 0 unspecified atom stereocenters. The van der Waals surface area contributed by atoms with Crippen LogP contribution in [0.1, 0.15) is 0 Å². The Morgan fingerprint density at radius 1 is 0.706 bits per heavy atom. The van der Waals surface area contributed by atoms with Crippen LogP contribution < -0.4 is 0 Å². The Morgan fingerprint density at radius 2 is 1.12 bits per heavy atom. The molecule has 0 aliphatic rings. The van der Waals surface area contributed by atoms with E-state index in [9.17, 15) is 0 Å². The first-order valence-electron chi connectivity index (χ1n) is 5.19. The molecule has 0 radical (unpaired) electrons. The van der Waals surface area contributed by atoms with Crippen molar-refractivity contribution in [2.24, 2.45) is 0 Å². The molecular formula is C12H22O5. The van der Waals surface area contributed by atoms with Crippen LogP contribution in [-0.2, 0) is 18.9 Å². The lowest BCUT2D eigenvalue weighted by Gasteiger charge is -2.02. The minimum absolute atomic E-state index is 0.0615. The first kappa shape index (κ1) is 17.9. The van der Waals surface area contributed by atoms with Crippen molar-refractivity contribution in [2.75, 3.05) is 39.6 Å². The van der Waals surface area contributed by atoms with E-state index >= 15 is 0 Å². The van der Waals surface area contributed by atoms with E-state index < -0.39 is 0 Å². The smallest absolute Gasteiger partial charge is 0.111 e. The second-order valence-corrected chi connectivity index (χ2v) is 2.45. The lowest BCUT2D eigenvalue weighted by molar-refractivity contribution is 0.0560. The molecule has 0 aliphatic heterocycles. The zero-order valence-electron chi connectivity index (χ0n) is 10.2. The Balaban J connectivity index is 0. The standard InChI is InChI=1S/C8H14O3.C4H8O2/c1-3-9-5-7-11-8-6-10-4-2;1-2-6-4-3-5/h3-4H,1-2,5-8H2;2,5H,1,3-4H2. The SMILES string of the molecule is C=COCCO.C=COCCOCCOC=C. The number of hydrogen-bond acceptors (Lipinski definition) is 5. The van der Waals surface area contributed by atoms with Crippen molar-refractivity contribution in [1.29, 1.82) is 0 Å². The van der Waals surface area contributed by atoms with Crippen LogP contribution in [0.4, 0.5) is 0 Å². The molecule has 0 aromatic rings. The van der Waals surface area contributed by atoms with E-state index in [0.717, 1.165) is 0 Å². The van der Waals surface area contributed by atoms with Crippen LogP contribution in [0.3, 0.4) is 0 Å². The Morgan fingerprint density at radius 3 is 1.41 bits per heavy atom. The third-order valence-corrected chi connectivity index (χ3v) is 1.25. The van der Waals surface area contributed by atoms with Gasteiger partial charge in [0.05, 0.1) is 38.6 Å². The van der Waals surface area contributed by atoms with Gasteiger partial charge in [-0.1, -0.05) is 19.7 Å². The van der Waals surface area contributed by atoms with E-state index in [0.29, 0.717) is 33.0 Å². The van der Waals surface area contributed by atoms with E-state index in [1.807, 2.05) is 0 Å². The van der Waals surface area contributed by atoms with Gasteiger partial charge in [0, 0.05) is 0 Å². The van der Waals surface area contributed by atoms with Crippen LogP contribution in [0.2, 0.25) is 0 Å². The fraction of sp³-hybridized carbons (Fsp3) is 0.500. The van der Waals surface area contributed by atoms with Gasteiger partial charge >= 0.3 is 0 Å².